The molecule has 6 nitrogen and oxygen atoms in total. The Labute approximate surface area is 159 Å². The van der Waals surface area contributed by atoms with Gasteiger partial charge in [0.25, 0.3) is 5.91 Å². The van der Waals surface area contributed by atoms with E-state index in [9.17, 15) is 9.90 Å². The van der Waals surface area contributed by atoms with Crippen LogP contribution in [-0.4, -0.2) is 20.8 Å². The summed E-state index contributed by atoms with van der Waals surface area (Å²) in [4.78, 5) is 12.3. The Morgan fingerprint density at radius 2 is 2.04 bits per heavy atom. The lowest BCUT2D eigenvalue weighted by molar-refractivity contribution is 0.102. The maximum absolute atomic E-state index is 12.3. The second-order valence-corrected chi connectivity index (χ2v) is 6.41. The number of phenols is 1. The highest BCUT2D eigenvalue weighted by atomic mass is 35.5. The fraction of sp³-hybridized carbons (Fsp3) is 0.111. The van der Waals surface area contributed by atoms with E-state index in [0.29, 0.717) is 15.8 Å². The van der Waals surface area contributed by atoms with Gasteiger partial charge in [0.1, 0.15) is 11.5 Å². The summed E-state index contributed by atoms with van der Waals surface area (Å²) in [7, 11) is 0. The molecule has 1 heterocycles. The molecular weight excluding hydrogens is 377 g/mol. The third kappa shape index (κ3) is 4.28. The van der Waals surface area contributed by atoms with Crippen molar-refractivity contribution in [1.82, 2.24) is 9.78 Å². The molecule has 3 rings (SSSR count). The van der Waals surface area contributed by atoms with E-state index in [1.54, 1.807) is 12.3 Å². The van der Waals surface area contributed by atoms with E-state index in [1.807, 2.05) is 19.1 Å². The van der Waals surface area contributed by atoms with Gasteiger partial charge in [0, 0.05) is 11.2 Å². The van der Waals surface area contributed by atoms with Crippen LogP contribution in [0.15, 0.2) is 48.7 Å². The van der Waals surface area contributed by atoms with Crippen LogP contribution in [0.25, 0.3) is 0 Å². The maximum Gasteiger partial charge on any atom is 0.276 e. The Balaban J connectivity index is 1.66. The van der Waals surface area contributed by atoms with Gasteiger partial charge in [-0.3, -0.25) is 4.79 Å². The van der Waals surface area contributed by atoms with Crippen LogP contribution in [0.5, 0.6) is 11.5 Å². The molecule has 0 spiro atoms. The average molecular weight is 392 g/mol. The average Bonchev–Trinajstić information content (AvgIpc) is 3.08. The molecule has 0 radical (unpaired) electrons. The monoisotopic (exact) mass is 391 g/mol. The number of benzene rings is 2. The van der Waals surface area contributed by atoms with Gasteiger partial charge in [-0.2, -0.15) is 5.10 Å². The van der Waals surface area contributed by atoms with E-state index in [1.165, 1.54) is 28.9 Å². The quantitative estimate of drug-likeness (QED) is 0.628. The van der Waals surface area contributed by atoms with Crippen LogP contribution in [0, 0.1) is 6.92 Å². The molecule has 8 heteroatoms. The summed E-state index contributed by atoms with van der Waals surface area (Å²) in [6.45, 7) is 2.03. The Morgan fingerprint density at radius 1 is 1.23 bits per heavy atom. The van der Waals surface area contributed by atoms with Gasteiger partial charge in [0.2, 0.25) is 0 Å². The third-order valence-electron chi connectivity index (χ3n) is 3.52. The highest BCUT2D eigenvalue weighted by molar-refractivity contribution is 6.32. The lowest BCUT2D eigenvalue weighted by Gasteiger charge is -2.09. The number of nitrogens with zero attached hydrogens (tertiary/aromatic N) is 2. The normalized spacial score (nSPS) is 10.6. The molecule has 26 heavy (non-hydrogen) atoms. The number of hydrogen-bond acceptors (Lipinski definition) is 4. The van der Waals surface area contributed by atoms with Crippen molar-refractivity contribution in [2.45, 2.75) is 13.7 Å². The predicted molar refractivity (Wildman–Crippen MR) is 100 cm³/mol. The Hall–Kier alpha value is -2.70. The fourth-order valence-corrected chi connectivity index (χ4v) is 2.55. The lowest BCUT2D eigenvalue weighted by atomic mass is 10.2. The first-order valence-corrected chi connectivity index (χ1v) is 8.40. The third-order valence-corrected chi connectivity index (χ3v) is 4.07. The molecule has 3 aromatic rings. The van der Waals surface area contributed by atoms with Crippen molar-refractivity contribution in [1.29, 1.82) is 0 Å². The molecule has 0 aliphatic rings. The first-order chi connectivity index (χ1) is 12.4. The smallest absolute Gasteiger partial charge is 0.276 e. The highest BCUT2D eigenvalue weighted by Crippen LogP contribution is 2.27. The second-order valence-electron chi connectivity index (χ2n) is 5.56. The standard InChI is InChI=1S/C18H15Cl2N3O3/c1-11-2-4-13(20)17(8-11)26-10-23-7-6-14(22-23)18(25)21-15-9-12(19)3-5-16(15)24/h2-9,24H,10H2,1H3,(H,21,25). The van der Waals surface area contributed by atoms with Crippen molar-refractivity contribution < 1.29 is 14.6 Å². The Kier molecular flexibility index (Phi) is 5.35. The minimum Gasteiger partial charge on any atom is -0.506 e. The van der Waals surface area contributed by atoms with Crippen LogP contribution in [0.4, 0.5) is 5.69 Å². The number of anilines is 1. The first-order valence-electron chi connectivity index (χ1n) is 7.64. The number of ether oxygens (including phenoxy) is 1. The van der Waals surface area contributed by atoms with Gasteiger partial charge in [-0.15, -0.1) is 0 Å². The van der Waals surface area contributed by atoms with Crippen molar-refractivity contribution in [3.63, 3.8) is 0 Å². The zero-order valence-corrected chi connectivity index (χ0v) is 15.3. The number of aryl methyl sites for hydroxylation is 1. The van der Waals surface area contributed by atoms with Crippen LogP contribution < -0.4 is 10.1 Å². The summed E-state index contributed by atoms with van der Waals surface area (Å²) < 4.78 is 7.09. The van der Waals surface area contributed by atoms with Gasteiger partial charge in [0.05, 0.1) is 10.7 Å². The predicted octanol–water partition coefficient (Wildman–Crippen LogP) is 4.49. The molecule has 134 valence electrons. The van der Waals surface area contributed by atoms with Gasteiger partial charge in [-0.05, 0) is 48.9 Å². The molecule has 1 aromatic heterocycles. The molecule has 0 saturated heterocycles. The van der Waals surface area contributed by atoms with E-state index >= 15 is 0 Å². The zero-order valence-electron chi connectivity index (χ0n) is 13.7. The van der Waals surface area contributed by atoms with E-state index in [2.05, 4.69) is 10.4 Å². The first kappa shape index (κ1) is 18.1. The number of aromatic hydroxyl groups is 1. The summed E-state index contributed by atoms with van der Waals surface area (Å²) in [5.41, 5.74) is 1.40. The van der Waals surface area contributed by atoms with Gasteiger partial charge in [-0.1, -0.05) is 29.3 Å². The number of phenolic OH excluding ortho intramolecular Hbond substituents is 1. The Bertz CT molecular complexity index is 957. The molecule has 0 aliphatic heterocycles. The van der Waals surface area contributed by atoms with E-state index in [-0.39, 0.29) is 23.9 Å². The molecule has 0 bridgehead atoms. The number of aromatic nitrogens is 2. The van der Waals surface area contributed by atoms with Crippen molar-refractivity contribution >= 4 is 34.8 Å². The van der Waals surface area contributed by atoms with Gasteiger partial charge in [-0.25, -0.2) is 4.68 Å². The number of rotatable bonds is 5. The van der Waals surface area contributed by atoms with Crippen molar-refractivity contribution in [3.8, 4) is 11.5 Å². The van der Waals surface area contributed by atoms with Crippen LogP contribution in [0.3, 0.4) is 0 Å². The molecule has 0 aliphatic carbocycles. The van der Waals surface area contributed by atoms with E-state index in [4.69, 9.17) is 27.9 Å². The van der Waals surface area contributed by atoms with Gasteiger partial charge in [0.15, 0.2) is 12.4 Å². The van der Waals surface area contributed by atoms with E-state index < -0.39 is 5.91 Å². The summed E-state index contributed by atoms with van der Waals surface area (Å²) in [6, 6.07) is 11.4. The largest absolute Gasteiger partial charge is 0.506 e. The molecule has 1 amide bonds. The van der Waals surface area contributed by atoms with Crippen LogP contribution in [0.2, 0.25) is 10.0 Å². The van der Waals surface area contributed by atoms with Crippen LogP contribution >= 0.6 is 23.2 Å². The second kappa shape index (κ2) is 7.68. The topological polar surface area (TPSA) is 76.4 Å². The number of carbonyl (C=O) groups excluding carboxylic acids is 1. The number of nitrogens with one attached hydrogen (secondary N) is 1. The van der Waals surface area contributed by atoms with Crippen LogP contribution in [0.1, 0.15) is 16.1 Å². The van der Waals surface area contributed by atoms with Gasteiger partial charge < -0.3 is 15.2 Å². The minimum absolute atomic E-state index is 0.0837. The number of hydrogen-bond donors (Lipinski definition) is 2. The molecule has 0 fully saturated rings. The summed E-state index contributed by atoms with van der Waals surface area (Å²) in [6.07, 6.45) is 1.61. The molecule has 0 atom stereocenters. The lowest BCUT2D eigenvalue weighted by Crippen LogP contribution is -2.14. The number of carbonyl (C=O) groups is 1. The fourth-order valence-electron chi connectivity index (χ4n) is 2.21. The summed E-state index contributed by atoms with van der Waals surface area (Å²) in [5, 5.41) is 17.4. The summed E-state index contributed by atoms with van der Waals surface area (Å²) in [5.74, 6) is -0.0217. The molecule has 2 aromatic carbocycles. The summed E-state index contributed by atoms with van der Waals surface area (Å²) >= 11 is 11.9. The van der Waals surface area contributed by atoms with Gasteiger partial charge >= 0.3 is 0 Å². The van der Waals surface area contributed by atoms with E-state index in [0.717, 1.165) is 5.56 Å². The number of halogens is 2. The molecular formula is C18H15Cl2N3O3. The molecule has 2 N–H and O–H groups in total. The molecule has 0 unspecified atom stereocenters. The molecule has 0 saturated carbocycles. The van der Waals surface area contributed by atoms with Crippen molar-refractivity contribution in [2.24, 2.45) is 0 Å². The van der Waals surface area contributed by atoms with Crippen molar-refractivity contribution in [2.75, 3.05) is 5.32 Å². The van der Waals surface area contributed by atoms with Crippen molar-refractivity contribution in [3.05, 3.63) is 70.0 Å². The minimum atomic E-state index is -0.477. The Morgan fingerprint density at radius 3 is 2.85 bits per heavy atom. The van der Waals surface area contributed by atoms with Crippen LogP contribution in [-0.2, 0) is 6.73 Å². The zero-order chi connectivity index (χ0) is 18.7. The maximum atomic E-state index is 12.3. The SMILES string of the molecule is Cc1ccc(Cl)c(OCn2ccc(C(=O)Nc3cc(Cl)ccc3O)n2)c1. The number of amides is 1. The highest BCUT2D eigenvalue weighted by Gasteiger charge is 2.13.